The second-order valence-corrected chi connectivity index (χ2v) is 8.11. The van der Waals surface area contributed by atoms with Gasteiger partial charge in [-0.2, -0.15) is 9.41 Å². The number of aromatic hydroxyl groups is 1. The van der Waals surface area contributed by atoms with E-state index >= 15 is 0 Å². The summed E-state index contributed by atoms with van der Waals surface area (Å²) in [5, 5.41) is 13.4. The molecule has 0 saturated carbocycles. The van der Waals surface area contributed by atoms with Gasteiger partial charge in [-0.15, -0.1) is 0 Å². The zero-order valence-corrected chi connectivity index (χ0v) is 16.3. The molecular weight excluding hydrogens is 366 g/mol. The molecule has 27 heavy (non-hydrogen) atoms. The fraction of sp³-hybridized carbons (Fsp3) is 0.263. The van der Waals surface area contributed by atoms with E-state index in [4.69, 9.17) is 0 Å². The average molecular weight is 389 g/mol. The first-order valence-corrected chi connectivity index (χ1v) is 9.86. The number of nitrogens with one attached hydrogen (secondary N) is 1. The molecule has 0 heterocycles. The number of benzene rings is 2. The summed E-state index contributed by atoms with van der Waals surface area (Å²) in [7, 11) is -2.41. The molecule has 0 spiro atoms. The summed E-state index contributed by atoms with van der Waals surface area (Å²) in [4.78, 5) is 12.3. The van der Waals surface area contributed by atoms with Crippen molar-refractivity contribution >= 4 is 21.6 Å². The summed E-state index contributed by atoms with van der Waals surface area (Å²) in [5.41, 5.74) is 4.72. The third kappa shape index (κ3) is 5.38. The molecule has 0 fully saturated rings. The van der Waals surface area contributed by atoms with Gasteiger partial charge in [0, 0.05) is 7.05 Å². The van der Waals surface area contributed by atoms with Gasteiger partial charge in [0.1, 0.15) is 5.75 Å². The van der Waals surface area contributed by atoms with Crippen LogP contribution in [0.1, 0.15) is 24.5 Å². The molecule has 0 unspecified atom stereocenters. The highest BCUT2D eigenvalue weighted by Gasteiger charge is 2.22. The number of rotatable bonds is 7. The van der Waals surface area contributed by atoms with Crippen molar-refractivity contribution in [3.05, 3.63) is 59.7 Å². The van der Waals surface area contributed by atoms with E-state index in [0.29, 0.717) is 12.1 Å². The number of carbonyl (C=O) groups is 1. The molecule has 0 aliphatic heterocycles. The summed E-state index contributed by atoms with van der Waals surface area (Å²) in [6, 6.07) is 12.9. The number of hydrazone groups is 1. The summed E-state index contributed by atoms with van der Waals surface area (Å²) in [5.74, 6) is -0.404. The summed E-state index contributed by atoms with van der Waals surface area (Å²) in [6.07, 6.45) is 0.558. The maximum atomic E-state index is 12.5. The Hall–Kier alpha value is -2.71. The van der Waals surface area contributed by atoms with Gasteiger partial charge in [-0.25, -0.2) is 13.8 Å². The number of carbonyl (C=O) groups excluding carboxylic acids is 1. The monoisotopic (exact) mass is 389 g/mol. The first kappa shape index (κ1) is 20.6. The van der Waals surface area contributed by atoms with Crippen LogP contribution in [-0.4, -0.2) is 43.0 Å². The van der Waals surface area contributed by atoms with E-state index in [9.17, 15) is 18.3 Å². The Morgan fingerprint density at radius 3 is 2.26 bits per heavy atom. The number of hydrogen-bond donors (Lipinski definition) is 2. The maximum Gasteiger partial charge on any atom is 0.255 e. The van der Waals surface area contributed by atoms with Gasteiger partial charge in [0.05, 0.1) is 17.2 Å². The van der Waals surface area contributed by atoms with E-state index < -0.39 is 15.9 Å². The van der Waals surface area contributed by atoms with Crippen molar-refractivity contribution < 1.29 is 18.3 Å². The van der Waals surface area contributed by atoms with Gasteiger partial charge in [0.2, 0.25) is 10.0 Å². The molecule has 0 aliphatic rings. The molecule has 0 saturated heterocycles. The van der Waals surface area contributed by atoms with Crippen LogP contribution in [0.25, 0.3) is 0 Å². The van der Waals surface area contributed by atoms with Crippen molar-refractivity contribution in [3.8, 4) is 5.75 Å². The van der Waals surface area contributed by atoms with Crippen molar-refractivity contribution in [3.63, 3.8) is 0 Å². The molecule has 0 atom stereocenters. The molecule has 2 aromatic rings. The van der Waals surface area contributed by atoms with Crippen LogP contribution in [0.5, 0.6) is 5.75 Å². The number of aryl methyl sites for hydroxylation is 1. The molecule has 2 aromatic carbocycles. The molecule has 0 bridgehead atoms. The minimum absolute atomic E-state index is 0.130. The van der Waals surface area contributed by atoms with E-state index in [1.165, 1.54) is 31.3 Å². The third-order valence-corrected chi connectivity index (χ3v) is 5.76. The highest BCUT2D eigenvalue weighted by atomic mass is 32.2. The Labute approximate surface area is 159 Å². The summed E-state index contributed by atoms with van der Waals surface area (Å²) >= 11 is 0. The molecule has 0 aliphatic carbocycles. The lowest BCUT2D eigenvalue weighted by molar-refractivity contribution is -0.121. The van der Waals surface area contributed by atoms with E-state index in [2.05, 4.69) is 10.5 Å². The number of hydrogen-bond acceptors (Lipinski definition) is 5. The van der Waals surface area contributed by atoms with Gasteiger partial charge in [0.25, 0.3) is 5.91 Å². The Bertz CT molecular complexity index is 920. The lowest BCUT2D eigenvalue weighted by Crippen LogP contribution is -2.37. The minimum atomic E-state index is -3.76. The first-order chi connectivity index (χ1) is 12.7. The summed E-state index contributed by atoms with van der Waals surface area (Å²) < 4.78 is 26.0. The SMILES string of the molecule is CC/C(=N\NC(=O)CN(C)S(=O)(=O)c1ccc(C)cc1)c1ccc(O)cc1. The number of amides is 1. The predicted molar refractivity (Wildman–Crippen MR) is 104 cm³/mol. The van der Waals surface area contributed by atoms with E-state index in [-0.39, 0.29) is 17.2 Å². The Morgan fingerprint density at radius 1 is 1.11 bits per heavy atom. The molecule has 8 heteroatoms. The molecular formula is C19H23N3O4S. The molecule has 0 radical (unpaired) electrons. The Balaban J connectivity index is 2.05. The van der Waals surface area contributed by atoms with Gasteiger partial charge >= 0.3 is 0 Å². The van der Waals surface area contributed by atoms with Crippen molar-refractivity contribution in [1.82, 2.24) is 9.73 Å². The maximum absolute atomic E-state index is 12.5. The van der Waals surface area contributed by atoms with E-state index in [1.54, 1.807) is 24.3 Å². The van der Waals surface area contributed by atoms with Crippen LogP contribution >= 0.6 is 0 Å². The van der Waals surface area contributed by atoms with Gasteiger partial charge in [-0.1, -0.05) is 24.6 Å². The standard InChI is InChI=1S/C19H23N3O4S/c1-4-18(15-7-9-16(23)10-8-15)20-21-19(24)13-22(3)27(25,26)17-11-5-14(2)6-12-17/h5-12,23H,4,13H2,1-3H3,(H,21,24)/b20-18+. The average Bonchev–Trinajstić information content (AvgIpc) is 2.64. The van der Waals surface area contributed by atoms with Crippen LogP contribution in [0, 0.1) is 6.92 Å². The highest BCUT2D eigenvalue weighted by Crippen LogP contribution is 2.15. The molecule has 0 aromatic heterocycles. The van der Waals surface area contributed by atoms with Crippen LogP contribution in [0.15, 0.2) is 58.5 Å². The molecule has 7 nitrogen and oxygen atoms in total. The van der Waals surface area contributed by atoms with Crippen molar-refractivity contribution in [2.45, 2.75) is 25.2 Å². The fourth-order valence-electron chi connectivity index (χ4n) is 2.34. The van der Waals surface area contributed by atoms with Gasteiger partial charge in [0.15, 0.2) is 0 Å². The fourth-order valence-corrected chi connectivity index (χ4v) is 3.47. The zero-order valence-electron chi connectivity index (χ0n) is 15.5. The third-order valence-electron chi connectivity index (χ3n) is 3.95. The van der Waals surface area contributed by atoms with Crippen LogP contribution in [0.3, 0.4) is 0 Å². The number of likely N-dealkylation sites (N-methyl/N-ethyl adjacent to an activating group) is 1. The minimum Gasteiger partial charge on any atom is -0.508 e. The van der Waals surface area contributed by atoms with Crippen LogP contribution in [-0.2, 0) is 14.8 Å². The van der Waals surface area contributed by atoms with Gasteiger partial charge < -0.3 is 5.11 Å². The van der Waals surface area contributed by atoms with Crippen LogP contribution in [0.2, 0.25) is 0 Å². The normalized spacial score (nSPS) is 12.2. The van der Waals surface area contributed by atoms with E-state index in [1.807, 2.05) is 13.8 Å². The van der Waals surface area contributed by atoms with E-state index in [0.717, 1.165) is 15.4 Å². The molecule has 1 amide bonds. The second-order valence-electron chi connectivity index (χ2n) is 6.07. The molecule has 144 valence electrons. The van der Waals surface area contributed by atoms with Crippen molar-refractivity contribution in [2.75, 3.05) is 13.6 Å². The smallest absolute Gasteiger partial charge is 0.255 e. The van der Waals surface area contributed by atoms with Gasteiger partial charge in [-0.05, 0) is 55.3 Å². The number of phenolic OH excluding ortho intramolecular Hbond substituents is 1. The first-order valence-electron chi connectivity index (χ1n) is 8.42. The lowest BCUT2D eigenvalue weighted by atomic mass is 10.1. The summed E-state index contributed by atoms with van der Waals surface area (Å²) in [6.45, 7) is 3.39. The predicted octanol–water partition coefficient (Wildman–Crippen LogP) is 2.25. The number of nitrogens with zero attached hydrogens (tertiary/aromatic N) is 2. The molecule has 2 rings (SSSR count). The largest absolute Gasteiger partial charge is 0.508 e. The second kappa shape index (κ2) is 8.79. The zero-order chi connectivity index (χ0) is 20.0. The molecule has 2 N–H and O–H groups in total. The van der Waals surface area contributed by atoms with Crippen LogP contribution in [0.4, 0.5) is 0 Å². The topological polar surface area (TPSA) is 99.1 Å². The Morgan fingerprint density at radius 2 is 1.70 bits per heavy atom. The number of sulfonamides is 1. The van der Waals surface area contributed by atoms with Crippen molar-refractivity contribution in [2.24, 2.45) is 5.10 Å². The highest BCUT2D eigenvalue weighted by molar-refractivity contribution is 7.89. The number of phenols is 1. The quantitative estimate of drug-likeness (QED) is 0.560. The lowest BCUT2D eigenvalue weighted by Gasteiger charge is -2.16. The van der Waals surface area contributed by atoms with Crippen LogP contribution < -0.4 is 5.43 Å². The van der Waals surface area contributed by atoms with Gasteiger partial charge in [-0.3, -0.25) is 4.79 Å². The Kier molecular flexibility index (Phi) is 6.70. The van der Waals surface area contributed by atoms with Crippen molar-refractivity contribution in [1.29, 1.82) is 0 Å².